The lowest BCUT2D eigenvalue weighted by Gasteiger charge is -2.13. The molecule has 1 rings (SSSR count). The van der Waals surface area contributed by atoms with Crippen molar-refractivity contribution in [1.29, 1.82) is 0 Å². The molecule has 0 unspecified atom stereocenters. The minimum atomic E-state index is -0.468. The summed E-state index contributed by atoms with van der Waals surface area (Å²) in [6.45, 7) is 3.86. The number of aryl methyl sites for hydroxylation is 1. The van der Waals surface area contributed by atoms with E-state index in [2.05, 4.69) is 17.2 Å². The van der Waals surface area contributed by atoms with Gasteiger partial charge in [-0.3, -0.25) is 4.79 Å². The van der Waals surface area contributed by atoms with Crippen molar-refractivity contribution in [3.05, 3.63) is 23.0 Å². The van der Waals surface area contributed by atoms with Crippen molar-refractivity contribution in [2.75, 3.05) is 5.32 Å². The Bertz CT molecular complexity index is 395. The zero-order valence-electron chi connectivity index (χ0n) is 10.2. The fraction of sp³-hybridized carbons (Fsp3) is 0.500. The Balaban J connectivity index is 2.61. The molecule has 94 valence electrons. The molecule has 5 heteroatoms. The number of carbonyl (C=O) groups excluding carboxylic acids is 1. The quantitative estimate of drug-likeness (QED) is 0.795. The molecule has 0 aromatic carbocycles. The van der Waals surface area contributed by atoms with E-state index in [0.29, 0.717) is 23.0 Å². The van der Waals surface area contributed by atoms with Crippen molar-refractivity contribution >= 4 is 23.2 Å². The van der Waals surface area contributed by atoms with Gasteiger partial charge in [0.05, 0.1) is 17.4 Å². The van der Waals surface area contributed by atoms with Gasteiger partial charge in [0.2, 0.25) is 5.91 Å². The Kier molecular flexibility index (Phi) is 5.38. The molecule has 1 atom stereocenters. The van der Waals surface area contributed by atoms with Gasteiger partial charge in [-0.05, 0) is 25.5 Å². The summed E-state index contributed by atoms with van der Waals surface area (Å²) in [5.41, 5.74) is 7.12. The van der Waals surface area contributed by atoms with E-state index >= 15 is 0 Å². The third-order valence-corrected chi connectivity index (χ3v) is 2.73. The number of nitrogens with two attached hydrogens (primary N) is 1. The molecule has 0 saturated heterocycles. The Morgan fingerprint density at radius 1 is 1.59 bits per heavy atom. The summed E-state index contributed by atoms with van der Waals surface area (Å²) in [5.74, 6) is -0.175. The van der Waals surface area contributed by atoms with Gasteiger partial charge in [-0.25, -0.2) is 4.98 Å². The molecule has 1 heterocycles. The fourth-order valence-electron chi connectivity index (χ4n) is 1.44. The Labute approximate surface area is 107 Å². The first-order valence-corrected chi connectivity index (χ1v) is 6.12. The Morgan fingerprint density at radius 2 is 2.29 bits per heavy atom. The maximum Gasteiger partial charge on any atom is 0.241 e. The summed E-state index contributed by atoms with van der Waals surface area (Å²) in [5, 5.41) is 3.17. The predicted octanol–water partition coefficient (Wildman–Crippen LogP) is 2.50. The highest BCUT2D eigenvalue weighted by Crippen LogP contribution is 2.16. The van der Waals surface area contributed by atoms with E-state index in [0.717, 1.165) is 12.8 Å². The van der Waals surface area contributed by atoms with Crippen LogP contribution in [0.25, 0.3) is 0 Å². The van der Waals surface area contributed by atoms with Gasteiger partial charge in [0.1, 0.15) is 5.15 Å². The summed E-state index contributed by atoms with van der Waals surface area (Å²) in [6.07, 6.45) is 2.68. The first-order chi connectivity index (χ1) is 8.04. The van der Waals surface area contributed by atoms with Crippen LogP contribution in [0.5, 0.6) is 0 Å². The molecule has 0 aliphatic heterocycles. The van der Waals surface area contributed by atoms with Gasteiger partial charge >= 0.3 is 0 Å². The third-order valence-electron chi connectivity index (χ3n) is 2.52. The van der Waals surface area contributed by atoms with Crippen molar-refractivity contribution < 1.29 is 4.79 Å². The van der Waals surface area contributed by atoms with Crippen molar-refractivity contribution in [3.63, 3.8) is 0 Å². The van der Waals surface area contributed by atoms with Crippen LogP contribution in [0, 0.1) is 6.92 Å². The average Bonchev–Trinajstić information content (AvgIpc) is 2.29. The standard InChI is InChI=1S/C12H18ClN3O/c1-3-4-5-9(14)12(17)16-10-6-7-11(13)15-8(10)2/h6-7,9H,3-5,14H2,1-2H3,(H,16,17)/t9-/m0/s1. The molecule has 0 saturated carbocycles. The number of unbranched alkanes of at least 4 members (excludes halogenated alkanes) is 1. The molecule has 3 N–H and O–H groups in total. The summed E-state index contributed by atoms with van der Waals surface area (Å²) in [4.78, 5) is 15.8. The highest BCUT2D eigenvalue weighted by atomic mass is 35.5. The first kappa shape index (κ1) is 13.9. The summed E-state index contributed by atoms with van der Waals surface area (Å²) >= 11 is 5.74. The molecular formula is C12H18ClN3O. The van der Waals surface area contributed by atoms with Gasteiger partial charge in [-0.2, -0.15) is 0 Å². The number of amides is 1. The van der Waals surface area contributed by atoms with Crippen LogP contribution >= 0.6 is 11.6 Å². The molecule has 17 heavy (non-hydrogen) atoms. The number of pyridine rings is 1. The van der Waals surface area contributed by atoms with Crippen LogP contribution in [0.1, 0.15) is 31.9 Å². The van der Waals surface area contributed by atoms with Crippen molar-refractivity contribution in [2.45, 2.75) is 39.2 Å². The van der Waals surface area contributed by atoms with E-state index < -0.39 is 6.04 Å². The normalized spacial score (nSPS) is 12.2. The molecule has 4 nitrogen and oxygen atoms in total. The Hall–Kier alpha value is -1.13. The summed E-state index contributed by atoms with van der Waals surface area (Å²) in [7, 11) is 0. The monoisotopic (exact) mass is 255 g/mol. The summed E-state index contributed by atoms with van der Waals surface area (Å²) in [6, 6.07) is 2.90. The van der Waals surface area contributed by atoms with Crippen LogP contribution in [0.3, 0.4) is 0 Å². The van der Waals surface area contributed by atoms with Gasteiger partial charge < -0.3 is 11.1 Å². The number of rotatable bonds is 5. The zero-order valence-corrected chi connectivity index (χ0v) is 10.9. The molecule has 1 aromatic rings. The summed E-state index contributed by atoms with van der Waals surface area (Å²) < 4.78 is 0. The second-order valence-electron chi connectivity index (χ2n) is 4.00. The lowest BCUT2D eigenvalue weighted by atomic mass is 10.1. The maximum absolute atomic E-state index is 11.8. The van der Waals surface area contributed by atoms with E-state index in [1.54, 1.807) is 19.1 Å². The average molecular weight is 256 g/mol. The van der Waals surface area contributed by atoms with E-state index in [-0.39, 0.29) is 5.91 Å². The molecule has 0 fully saturated rings. The molecule has 0 radical (unpaired) electrons. The fourth-order valence-corrected chi connectivity index (χ4v) is 1.63. The molecule has 0 bridgehead atoms. The van der Waals surface area contributed by atoms with Crippen molar-refractivity contribution in [2.24, 2.45) is 5.73 Å². The molecular weight excluding hydrogens is 238 g/mol. The highest BCUT2D eigenvalue weighted by Gasteiger charge is 2.14. The van der Waals surface area contributed by atoms with E-state index in [1.165, 1.54) is 0 Å². The second kappa shape index (κ2) is 6.57. The molecule has 1 amide bonds. The highest BCUT2D eigenvalue weighted by molar-refractivity contribution is 6.29. The van der Waals surface area contributed by atoms with Gasteiger partial charge in [0.15, 0.2) is 0 Å². The number of halogens is 1. The molecule has 0 aliphatic carbocycles. The maximum atomic E-state index is 11.8. The van der Waals surface area contributed by atoms with Gasteiger partial charge in [0.25, 0.3) is 0 Å². The number of hydrogen-bond acceptors (Lipinski definition) is 3. The van der Waals surface area contributed by atoms with Crippen LogP contribution in [-0.2, 0) is 4.79 Å². The van der Waals surface area contributed by atoms with Crippen molar-refractivity contribution in [1.82, 2.24) is 4.98 Å². The topological polar surface area (TPSA) is 68.0 Å². The lowest BCUT2D eigenvalue weighted by molar-refractivity contribution is -0.117. The van der Waals surface area contributed by atoms with Crippen molar-refractivity contribution in [3.8, 4) is 0 Å². The molecule has 0 aliphatic rings. The number of aromatic nitrogens is 1. The van der Waals surface area contributed by atoms with Crippen LogP contribution in [-0.4, -0.2) is 16.9 Å². The smallest absolute Gasteiger partial charge is 0.241 e. The molecule has 1 aromatic heterocycles. The minimum Gasteiger partial charge on any atom is -0.323 e. The van der Waals surface area contributed by atoms with Crippen LogP contribution in [0.2, 0.25) is 5.15 Å². The lowest BCUT2D eigenvalue weighted by Crippen LogP contribution is -2.35. The second-order valence-corrected chi connectivity index (χ2v) is 4.39. The number of hydrogen-bond donors (Lipinski definition) is 2. The van der Waals surface area contributed by atoms with Crippen LogP contribution < -0.4 is 11.1 Å². The number of nitrogens with one attached hydrogen (secondary N) is 1. The number of nitrogens with zero attached hydrogens (tertiary/aromatic N) is 1. The van der Waals surface area contributed by atoms with Crippen LogP contribution in [0.15, 0.2) is 12.1 Å². The van der Waals surface area contributed by atoms with Gasteiger partial charge in [-0.1, -0.05) is 31.4 Å². The van der Waals surface area contributed by atoms with Crippen LogP contribution in [0.4, 0.5) is 5.69 Å². The molecule has 0 spiro atoms. The largest absolute Gasteiger partial charge is 0.323 e. The minimum absolute atomic E-state index is 0.175. The van der Waals surface area contributed by atoms with E-state index in [4.69, 9.17) is 17.3 Å². The van der Waals surface area contributed by atoms with Gasteiger partial charge in [0, 0.05) is 0 Å². The number of anilines is 1. The van der Waals surface area contributed by atoms with E-state index in [1.807, 2.05) is 0 Å². The third kappa shape index (κ3) is 4.32. The van der Waals surface area contributed by atoms with Gasteiger partial charge in [-0.15, -0.1) is 0 Å². The first-order valence-electron chi connectivity index (χ1n) is 5.74. The predicted molar refractivity (Wildman–Crippen MR) is 70.1 cm³/mol. The number of carbonyl (C=O) groups is 1. The zero-order chi connectivity index (χ0) is 12.8. The Morgan fingerprint density at radius 3 is 2.88 bits per heavy atom. The SMILES string of the molecule is CCCC[C@H](N)C(=O)Nc1ccc(Cl)nc1C. The van der Waals surface area contributed by atoms with E-state index in [9.17, 15) is 4.79 Å².